The summed E-state index contributed by atoms with van der Waals surface area (Å²) in [5.41, 5.74) is 1.24. The van der Waals surface area contributed by atoms with E-state index in [0.29, 0.717) is 11.0 Å². The van der Waals surface area contributed by atoms with Gasteiger partial charge in [0.1, 0.15) is 4.90 Å². The molecule has 0 spiro atoms. The molecule has 3 rings (SSSR count). The number of sulfonamides is 1. The number of nitrogens with one attached hydrogen (secondary N) is 1. The first-order valence-electron chi connectivity index (χ1n) is 8.18. The predicted octanol–water partition coefficient (Wildman–Crippen LogP) is 4.05. The summed E-state index contributed by atoms with van der Waals surface area (Å²) in [6, 6.07) is 15.1. The molecule has 2 aromatic carbocycles. The molecule has 2 aromatic rings. The minimum Gasteiger partial charge on any atom is -0.298 e. The van der Waals surface area contributed by atoms with Gasteiger partial charge in [-0.1, -0.05) is 48.0 Å². The molecule has 0 radical (unpaired) electrons. The Hall–Kier alpha value is -0.920. The van der Waals surface area contributed by atoms with E-state index in [1.54, 1.807) is 18.2 Å². The molecular weight excluding hydrogens is 424 g/mol. The molecule has 25 heavy (non-hydrogen) atoms. The lowest BCUT2D eigenvalue weighted by Gasteiger charge is -2.33. The van der Waals surface area contributed by atoms with E-state index >= 15 is 0 Å². The molecule has 0 amide bonds. The third-order valence-electron chi connectivity index (χ3n) is 4.26. The predicted molar refractivity (Wildman–Crippen MR) is 104 cm³/mol. The summed E-state index contributed by atoms with van der Waals surface area (Å²) < 4.78 is 28.8. The van der Waals surface area contributed by atoms with Gasteiger partial charge < -0.3 is 0 Å². The van der Waals surface area contributed by atoms with Crippen molar-refractivity contribution in [3.05, 3.63) is 63.6 Å². The zero-order valence-corrected chi connectivity index (χ0v) is 16.8. The Bertz CT molecular complexity index is 810. The quantitative estimate of drug-likeness (QED) is 0.758. The van der Waals surface area contributed by atoms with Gasteiger partial charge in [0.15, 0.2) is 0 Å². The highest BCUT2D eigenvalue weighted by molar-refractivity contribution is 9.10. The van der Waals surface area contributed by atoms with Gasteiger partial charge in [-0.25, -0.2) is 13.1 Å². The summed E-state index contributed by atoms with van der Waals surface area (Å²) in [5, 5.41) is 0.221. The van der Waals surface area contributed by atoms with Gasteiger partial charge in [-0.2, -0.15) is 0 Å². The molecule has 4 nitrogen and oxygen atoms in total. The molecule has 134 valence electrons. The van der Waals surface area contributed by atoms with Gasteiger partial charge in [-0.05, 0) is 53.0 Å². The lowest BCUT2D eigenvalue weighted by atomic mass is 10.1. The maximum Gasteiger partial charge on any atom is 0.243 e. The van der Waals surface area contributed by atoms with Crippen LogP contribution in [0.25, 0.3) is 0 Å². The molecule has 1 aliphatic heterocycles. The molecule has 0 aliphatic carbocycles. The molecule has 1 N–H and O–H groups in total. The van der Waals surface area contributed by atoms with Gasteiger partial charge in [0, 0.05) is 23.6 Å². The Morgan fingerprint density at radius 2 is 1.92 bits per heavy atom. The number of piperidine rings is 1. The van der Waals surface area contributed by atoms with Crippen LogP contribution in [0.5, 0.6) is 0 Å². The number of halogens is 2. The molecule has 1 aliphatic rings. The number of benzene rings is 2. The molecule has 0 aromatic heterocycles. The van der Waals surface area contributed by atoms with Crippen molar-refractivity contribution in [3.63, 3.8) is 0 Å². The molecule has 1 saturated heterocycles. The van der Waals surface area contributed by atoms with Crippen LogP contribution in [0.4, 0.5) is 0 Å². The van der Waals surface area contributed by atoms with Crippen molar-refractivity contribution in [2.45, 2.75) is 30.3 Å². The van der Waals surface area contributed by atoms with Gasteiger partial charge in [0.05, 0.1) is 5.02 Å². The molecule has 1 atom stereocenters. The monoisotopic (exact) mass is 442 g/mol. The van der Waals surface area contributed by atoms with E-state index in [9.17, 15) is 8.42 Å². The molecule has 1 unspecified atom stereocenters. The van der Waals surface area contributed by atoms with Gasteiger partial charge in [0.25, 0.3) is 0 Å². The first-order valence-corrected chi connectivity index (χ1v) is 10.8. The molecule has 0 bridgehead atoms. The fourth-order valence-electron chi connectivity index (χ4n) is 3.15. The average Bonchev–Trinajstić information content (AvgIpc) is 2.55. The second-order valence-corrected chi connectivity index (χ2v) is 9.14. The van der Waals surface area contributed by atoms with E-state index in [2.05, 4.69) is 37.7 Å². The van der Waals surface area contributed by atoms with E-state index < -0.39 is 10.0 Å². The van der Waals surface area contributed by atoms with E-state index in [1.807, 2.05) is 18.2 Å². The summed E-state index contributed by atoms with van der Waals surface area (Å²) in [5.74, 6) is 0. The SMILES string of the molecule is O=S(=O)(NC1CCCN(Cc2ccccc2)C1)c1c(Cl)cccc1Br. The summed E-state index contributed by atoms with van der Waals surface area (Å²) in [7, 11) is -3.67. The lowest BCUT2D eigenvalue weighted by Crippen LogP contribution is -2.47. The maximum absolute atomic E-state index is 12.8. The standard InChI is InChI=1S/C18H20BrClN2O2S/c19-16-9-4-10-17(20)18(16)25(23,24)21-15-8-5-11-22(13-15)12-14-6-2-1-3-7-14/h1-4,6-7,9-10,15,21H,5,8,11-13H2. The largest absolute Gasteiger partial charge is 0.298 e. The average molecular weight is 444 g/mol. The van der Waals surface area contributed by atoms with Crippen molar-refractivity contribution in [3.8, 4) is 0 Å². The Kier molecular flexibility index (Phi) is 6.17. The van der Waals surface area contributed by atoms with E-state index in [4.69, 9.17) is 11.6 Å². The summed E-state index contributed by atoms with van der Waals surface area (Å²) >= 11 is 9.40. The smallest absolute Gasteiger partial charge is 0.243 e. The van der Waals surface area contributed by atoms with Crippen molar-refractivity contribution >= 4 is 37.6 Å². The van der Waals surface area contributed by atoms with Crippen LogP contribution in [0.2, 0.25) is 5.02 Å². The number of hydrogen-bond donors (Lipinski definition) is 1. The highest BCUT2D eigenvalue weighted by atomic mass is 79.9. The number of hydrogen-bond acceptors (Lipinski definition) is 3. The van der Waals surface area contributed by atoms with Crippen LogP contribution in [0.15, 0.2) is 57.9 Å². The first-order chi connectivity index (χ1) is 12.0. The topological polar surface area (TPSA) is 49.4 Å². The number of nitrogens with zero attached hydrogens (tertiary/aromatic N) is 1. The molecule has 7 heteroatoms. The summed E-state index contributed by atoms with van der Waals surface area (Å²) in [6.07, 6.45) is 1.79. The minimum absolute atomic E-state index is 0.108. The Morgan fingerprint density at radius 1 is 1.16 bits per heavy atom. The molecule has 1 fully saturated rings. The van der Waals surface area contributed by atoms with E-state index in [0.717, 1.165) is 25.9 Å². The van der Waals surface area contributed by atoms with Crippen LogP contribution in [0, 0.1) is 0 Å². The zero-order valence-electron chi connectivity index (χ0n) is 13.7. The highest BCUT2D eigenvalue weighted by Gasteiger charge is 2.28. The van der Waals surface area contributed by atoms with Crippen LogP contribution >= 0.6 is 27.5 Å². The first kappa shape index (κ1) is 18.9. The van der Waals surface area contributed by atoms with Crippen LogP contribution in [0.3, 0.4) is 0 Å². The fraction of sp³-hybridized carbons (Fsp3) is 0.333. The van der Waals surface area contributed by atoms with Gasteiger partial charge >= 0.3 is 0 Å². The van der Waals surface area contributed by atoms with Crippen molar-refractivity contribution in [1.82, 2.24) is 9.62 Å². The third-order valence-corrected chi connectivity index (χ3v) is 7.24. The lowest BCUT2D eigenvalue weighted by molar-refractivity contribution is 0.194. The van der Waals surface area contributed by atoms with Crippen LogP contribution < -0.4 is 4.72 Å². The van der Waals surface area contributed by atoms with E-state index in [-0.39, 0.29) is 16.0 Å². The summed E-state index contributed by atoms with van der Waals surface area (Å²) in [6.45, 7) is 2.49. The third kappa shape index (κ3) is 4.83. The van der Waals surface area contributed by atoms with Crippen LogP contribution in [0.1, 0.15) is 18.4 Å². The maximum atomic E-state index is 12.8. The van der Waals surface area contributed by atoms with E-state index in [1.165, 1.54) is 5.56 Å². The van der Waals surface area contributed by atoms with Crippen molar-refractivity contribution in [2.24, 2.45) is 0 Å². The Morgan fingerprint density at radius 3 is 2.64 bits per heavy atom. The van der Waals surface area contributed by atoms with Gasteiger partial charge in [-0.15, -0.1) is 0 Å². The zero-order chi connectivity index (χ0) is 17.9. The Labute approximate surface area is 162 Å². The van der Waals surface area contributed by atoms with Gasteiger partial charge in [0.2, 0.25) is 10.0 Å². The van der Waals surface area contributed by atoms with Crippen molar-refractivity contribution < 1.29 is 8.42 Å². The second-order valence-electron chi connectivity index (χ2n) is 6.23. The van der Waals surface area contributed by atoms with Gasteiger partial charge in [-0.3, -0.25) is 4.90 Å². The normalized spacial score (nSPS) is 19.0. The number of likely N-dealkylation sites (tertiary alicyclic amines) is 1. The van der Waals surface area contributed by atoms with Crippen LogP contribution in [-0.4, -0.2) is 32.4 Å². The minimum atomic E-state index is -3.67. The van der Waals surface area contributed by atoms with Crippen molar-refractivity contribution in [2.75, 3.05) is 13.1 Å². The summed E-state index contributed by atoms with van der Waals surface area (Å²) in [4.78, 5) is 2.39. The highest BCUT2D eigenvalue weighted by Crippen LogP contribution is 2.29. The fourth-order valence-corrected chi connectivity index (χ4v) is 6.15. The number of rotatable bonds is 5. The molecule has 0 saturated carbocycles. The molecular formula is C18H20BrClN2O2S. The second kappa shape index (κ2) is 8.18. The van der Waals surface area contributed by atoms with Crippen molar-refractivity contribution in [1.29, 1.82) is 0 Å². The Balaban J connectivity index is 1.70. The molecule has 1 heterocycles. The van der Waals surface area contributed by atoms with Crippen LogP contribution in [-0.2, 0) is 16.6 Å².